The highest BCUT2D eigenvalue weighted by molar-refractivity contribution is 7.99. The number of anilines is 1. The van der Waals surface area contributed by atoms with Gasteiger partial charge in [-0.05, 0) is 12.8 Å². The predicted octanol–water partition coefficient (Wildman–Crippen LogP) is 1.13. The number of carbonyl (C=O) groups is 1. The van der Waals surface area contributed by atoms with Gasteiger partial charge in [-0.25, -0.2) is 4.98 Å². The molecule has 1 aromatic rings. The summed E-state index contributed by atoms with van der Waals surface area (Å²) in [5.74, 6) is 0.0677. The Morgan fingerprint density at radius 3 is 2.82 bits per heavy atom. The van der Waals surface area contributed by atoms with Crippen LogP contribution in [-0.2, 0) is 4.79 Å². The Hall–Kier alpha value is -2.01. The van der Waals surface area contributed by atoms with Gasteiger partial charge in [0.2, 0.25) is 5.91 Å². The molecule has 0 radical (unpaired) electrons. The number of nitriles is 1. The summed E-state index contributed by atoms with van der Waals surface area (Å²) in [6, 6.07) is 3.50. The number of hydrogen-bond donors (Lipinski definition) is 2. The van der Waals surface area contributed by atoms with E-state index in [9.17, 15) is 14.9 Å². The molecule has 7 nitrogen and oxygen atoms in total. The van der Waals surface area contributed by atoms with Gasteiger partial charge in [0.25, 0.3) is 5.56 Å². The van der Waals surface area contributed by atoms with Crippen molar-refractivity contribution in [2.45, 2.75) is 42.8 Å². The smallest absolute Gasteiger partial charge is 0.253 e. The second-order valence-corrected chi connectivity index (χ2v) is 6.38. The number of aromatic amines is 1. The van der Waals surface area contributed by atoms with Gasteiger partial charge in [-0.3, -0.25) is 9.59 Å². The second-order valence-electron chi connectivity index (χ2n) is 5.42. The maximum absolute atomic E-state index is 12.4. The zero-order valence-electron chi connectivity index (χ0n) is 12.5. The van der Waals surface area contributed by atoms with Crippen molar-refractivity contribution >= 4 is 23.5 Å². The number of aromatic nitrogens is 2. The van der Waals surface area contributed by atoms with Crippen molar-refractivity contribution in [2.24, 2.45) is 0 Å². The van der Waals surface area contributed by atoms with Crippen LogP contribution in [0.1, 0.15) is 32.1 Å². The van der Waals surface area contributed by atoms with E-state index in [2.05, 4.69) is 16.0 Å². The van der Waals surface area contributed by atoms with Crippen LogP contribution in [0.25, 0.3) is 0 Å². The Bertz CT molecular complexity index is 645. The molecule has 0 unspecified atom stereocenters. The van der Waals surface area contributed by atoms with Gasteiger partial charge in [0.05, 0.1) is 11.8 Å². The molecule has 0 saturated heterocycles. The van der Waals surface area contributed by atoms with Crippen LogP contribution in [0, 0.1) is 11.3 Å². The Kier molecular flexibility index (Phi) is 5.08. The van der Waals surface area contributed by atoms with E-state index in [-0.39, 0.29) is 23.0 Å². The van der Waals surface area contributed by atoms with Gasteiger partial charge in [-0.1, -0.05) is 31.0 Å². The third kappa shape index (κ3) is 3.60. The van der Waals surface area contributed by atoms with Crippen LogP contribution >= 0.6 is 11.8 Å². The molecule has 0 spiro atoms. The Morgan fingerprint density at radius 1 is 1.55 bits per heavy atom. The number of nitrogens with two attached hydrogens (primary N) is 1. The highest BCUT2D eigenvalue weighted by atomic mass is 32.2. The Balaban J connectivity index is 2.02. The first-order valence-electron chi connectivity index (χ1n) is 7.14. The summed E-state index contributed by atoms with van der Waals surface area (Å²) in [5.41, 5.74) is 4.45. The van der Waals surface area contributed by atoms with Gasteiger partial charge in [0, 0.05) is 13.1 Å². The first-order valence-corrected chi connectivity index (χ1v) is 8.13. The summed E-state index contributed by atoms with van der Waals surface area (Å²) in [4.78, 5) is 31.7. The molecule has 0 atom stereocenters. The van der Waals surface area contributed by atoms with Crippen molar-refractivity contribution in [2.75, 3.05) is 18.5 Å². The number of amides is 1. The Labute approximate surface area is 132 Å². The van der Waals surface area contributed by atoms with Crippen LogP contribution in [0.2, 0.25) is 0 Å². The second kappa shape index (κ2) is 6.83. The van der Waals surface area contributed by atoms with Gasteiger partial charge in [0.15, 0.2) is 5.16 Å². The van der Waals surface area contributed by atoms with Crippen LogP contribution in [0.3, 0.4) is 0 Å². The van der Waals surface area contributed by atoms with Gasteiger partial charge in [-0.2, -0.15) is 5.26 Å². The zero-order valence-corrected chi connectivity index (χ0v) is 13.3. The van der Waals surface area contributed by atoms with Crippen LogP contribution in [0.15, 0.2) is 16.0 Å². The third-order valence-corrected chi connectivity index (χ3v) is 4.84. The van der Waals surface area contributed by atoms with E-state index in [1.807, 2.05) is 0 Å². The molecular weight excluding hydrogens is 302 g/mol. The van der Waals surface area contributed by atoms with E-state index in [4.69, 9.17) is 5.73 Å². The number of nitrogens with one attached hydrogen (secondary N) is 1. The first-order chi connectivity index (χ1) is 10.5. The number of hydrogen-bond acceptors (Lipinski definition) is 6. The normalized spacial score (nSPS) is 16.7. The lowest BCUT2D eigenvalue weighted by Gasteiger charge is -2.39. The number of rotatable bonds is 4. The maximum Gasteiger partial charge on any atom is 0.253 e. The quantitative estimate of drug-likeness (QED) is 0.634. The topological polar surface area (TPSA) is 116 Å². The monoisotopic (exact) mass is 321 g/mol. The number of carbonyl (C=O) groups excluding carboxylic acids is 1. The molecule has 2 rings (SSSR count). The van der Waals surface area contributed by atoms with Crippen LogP contribution in [0.5, 0.6) is 0 Å². The molecule has 0 aromatic carbocycles. The Morgan fingerprint density at radius 2 is 2.23 bits per heavy atom. The lowest BCUT2D eigenvalue weighted by Crippen LogP contribution is -2.50. The zero-order chi connectivity index (χ0) is 16.2. The van der Waals surface area contributed by atoms with Gasteiger partial charge in [-0.15, -0.1) is 0 Å². The summed E-state index contributed by atoms with van der Waals surface area (Å²) >= 11 is 1.11. The summed E-state index contributed by atoms with van der Waals surface area (Å²) in [5, 5.41) is 9.80. The lowest BCUT2D eigenvalue weighted by molar-refractivity contribution is -0.131. The van der Waals surface area contributed by atoms with E-state index in [0.717, 1.165) is 31.0 Å². The molecule has 1 amide bonds. The number of H-pyrrole nitrogens is 1. The van der Waals surface area contributed by atoms with Crippen molar-refractivity contribution in [1.29, 1.82) is 5.26 Å². The van der Waals surface area contributed by atoms with E-state index in [0.29, 0.717) is 18.0 Å². The molecule has 1 aliphatic rings. The van der Waals surface area contributed by atoms with E-state index in [1.165, 1.54) is 6.07 Å². The van der Waals surface area contributed by atoms with Gasteiger partial charge in [0.1, 0.15) is 11.4 Å². The van der Waals surface area contributed by atoms with Crippen molar-refractivity contribution in [1.82, 2.24) is 14.9 Å². The molecule has 0 bridgehead atoms. The minimum atomic E-state index is -0.702. The summed E-state index contributed by atoms with van der Waals surface area (Å²) < 4.78 is 0. The third-order valence-electron chi connectivity index (χ3n) is 3.98. The predicted molar refractivity (Wildman–Crippen MR) is 84.2 cm³/mol. The van der Waals surface area contributed by atoms with Crippen molar-refractivity contribution in [3.63, 3.8) is 0 Å². The average Bonchev–Trinajstić information content (AvgIpc) is 2.51. The van der Waals surface area contributed by atoms with Crippen molar-refractivity contribution in [3.8, 4) is 6.07 Å². The number of thioether (sulfide) groups is 1. The first kappa shape index (κ1) is 16.4. The van der Waals surface area contributed by atoms with Crippen molar-refractivity contribution in [3.05, 3.63) is 16.4 Å². The molecule has 1 aromatic heterocycles. The SMILES string of the molecule is CN(C(=O)CSc1nc(N)cc(=O)[nH]1)C1(C#N)CCCCC1. The fraction of sp³-hybridized carbons (Fsp3) is 0.571. The largest absolute Gasteiger partial charge is 0.383 e. The molecular formula is C14H19N5O2S. The van der Waals surface area contributed by atoms with Crippen LogP contribution < -0.4 is 11.3 Å². The van der Waals surface area contributed by atoms with Gasteiger partial charge >= 0.3 is 0 Å². The standard InChI is InChI=1S/C14H19N5O2S/c1-19(14(9-15)5-3-2-4-6-14)12(21)8-22-13-17-10(16)7-11(20)18-13/h7H,2-6,8H2,1H3,(H3,16,17,18,20). The fourth-order valence-electron chi connectivity index (χ4n) is 2.65. The summed E-state index contributed by atoms with van der Waals surface area (Å²) in [7, 11) is 1.67. The molecule has 118 valence electrons. The summed E-state index contributed by atoms with van der Waals surface area (Å²) in [6.07, 6.45) is 4.45. The van der Waals surface area contributed by atoms with E-state index < -0.39 is 5.54 Å². The maximum atomic E-state index is 12.4. The molecule has 8 heteroatoms. The molecule has 22 heavy (non-hydrogen) atoms. The molecule has 0 aliphatic heterocycles. The van der Waals surface area contributed by atoms with E-state index >= 15 is 0 Å². The van der Waals surface area contributed by atoms with Crippen molar-refractivity contribution < 1.29 is 4.79 Å². The van der Waals surface area contributed by atoms with Crippen LogP contribution in [-0.4, -0.2) is 39.1 Å². The number of nitrogens with zero attached hydrogens (tertiary/aromatic N) is 3. The molecule has 3 N–H and O–H groups in total. The minimum Gasteiger partial charge on any atom is -0.383 e. The van der Waals surface area contributed by atoms with Gasteiger partial charge < -0.3 is 15.6 Å². The average molecular weight is 321 g/mol. The van der Waals surface area contributed by atoms with Crippen LogP contribution in [0.4, 0.5) is 5.82 Å². The highest BCUT2D eigenvalue weighted by Gasteiger charge is 2.38. The number of nitrogen functional groups attached to an aromatic ring is 1. The highest BCUT2D eigenvalue weighted by Crippen LogP contribution is 2.32. The molecule has 1 aliphatic carbocycles. The molecule has 1 saturated carbocycles. The lowest BCUT2D eigenvalue weighted by atomic mass is 9.81. The minimum absolute atomic E-state index is 0.103. The molecule has 1 heterocycles. The van der Waals surface area contributed by atoms with E-state index in [1.54, 1.807) is 11.9 Å². The summed E-state index contributed by atoms with van der Waals surface area (Å²) in [6.45, 7) is 0. The molecule has 1 fully saturated rings. The fourth-order valence-corrected chi connectivity index (χ4v) is 3.44.